The van der Waals surface area contributed by atoms with Crippen molar-refractivity contribution in [1.82, 2.24) is 19.9 Å². The van der Waals surface area contributed by atoms with Crippen LogP contribution in [0.2, 0.25) is 0 Å². The molecule has 3 heterocycles. The number of pyridine rings is 1. The maximum Gasteiger partial charge on any atom is 0.270 e. The normalized spacial score (nSPS) is 18.8. The zero-order chi connectivity index (χ0) is 18.5. The van der Waals surface area contributed by atoms with E-state index in [4.69, 9.17) is 5.11 Å². The Labute approximate surface area is 153 Å². The van der Waals surface area contributed by atoms with Crippen LogP contribution in [0.25, 0.3) is 5.82 Å². The molecule has 0 aromatic carbocycles. The van der Waals surface area contributed by atoms with Crippen LogP contribution in [-0.2, 0) is 0 Å². The summed E-state index contributed by atoms with van der Waals surface area (Å²) in [7, 11) is 1.00. The third-order valence-electron chi connectivity index (χ3n) is 4.86. The standard InChI is InChI=1S/C18H21N5O.CH4O/c1-12-16-13(10-20-12)9-15(23-8-7-19-11-23)22-17(16)18(24)21-14-5-3-2-4-6-14;1-2/h7-12,14H,2-6H2,1H3,(H,21,24);2H,1H3. The third kappa shape index (κ3) is 3.67. The predicted molar refractivity (Wildman–Crippen MR) is 99.9 cm³/mol. The van der Waals surface area contributed by atoms with Crippen LogP contribution in [0.4, 0.5) is 0 Å². The minimum Gasteiger partial charge on any atom is -0.400 e. The lowest BCUT2D eigenvalue weighted by atomic mass is 9.95. The highest BCUT2D eigenvalue weighted by atomic mass is 16.2. The molecule has 2 aromatic heterocycles. The number of carbonyl (C=O) groups excluding carboxylic acids is 1. The molecule has 0 radical (unpaired) electrons. The molecule has 1 aliphatic carbocycles. The lowest BCUT2D eigenvalue weighted by molar-refractivity contribution is 0.0921. The van der Waals surface area contributed by atoms with E-state index >= 15 is 0 Å². The molecule has 26 heavy (non-hydrogen) atoms. The van der Waals surface area contributed by atoms with Gasteiger partial charge in [-0.15, -0.1) is 0 Å². The number of fused-ring (bicyclic) bond motifs is 1. The molecule has 1 unspecified atom stereocenters. The molecule has 0 spiro atoms. The molecule has 0 saturated heterocycles. The number of aliphatic hydroxyl groups is 1. The molecule has 2 aromatic rings. The summed E-state index contributed by atoms with van der Waals surface area (Å²) in [5, 5.41) is 10.2. The van der Waals surface area contributed by atoms with Gasteiger partial charge in [0.2, 0.25) is 0 Å². The number of aliphatic hydroxyl groups excluding tert-OH is 1. The Morgan fingerprint density at radius 3 is 2.73 bits per heavy atom. The molecule has 138 valence electrons. The van der Waals surface area contributed by atoms with E-state index in [1.165, 1.54) is 19.3 Å². The lowest BCUT2D eigenvalue weighted by Crippen LogP contribution is -2.37. The van der Waals surface area contributed by atoms with Gasteiger partial charge in [0, 0.05) is 42.9 Å². The van der Waals surface area contributed by atoms with Crippen LogP contribution >= 0.6 is 0 Å². The maximum absolute atomic E-state index is 12.9. The molecular formula is C19H25N5O2. The van der Waals surface area contributed by atoms with Gasteiger partial charge in [0.15, 0.2) is 0 Å². The monoisotopic (exact) mass is 355 g/mol. The van der Waals surface area contributed by atoms with E-state index in [0.717, 1.165) is 31.1 Å². The van der Waals surface area contributed by atoms with Gasteiger partial charge < -0.3 is 10.4 Å². The van der Waals surface area contributed by atoms with Gasteiger partial charge in [-0.25, -0.2) is 9.97 Å². The SMILES string of the molecule is CC1N=Cc2cc(-n3ccnc3)nc(C(=O)NC3CCCCC3)c21.CO. The topological polar surface area (TPSA) is 92.4 Å². The van der Waals surface area contributed by atoms with Gasteiger partial charge in [0.25, 0.3) is 5.91 Å². The largest absolute Gasteiger partial charge is 0.400 e. The molecule has 1 saturated carbocycles. The fraction of sp³-hybridized carbons (Fsp3) is 0.474. The molecule has 1 atom stereocenters. The van der Waals surface area contributed by atoms with Gasteiger partial charge in [-0.1, -0.05) is 19.3 Å². The average molecular weight is 355 g/mol. The van der Waals surface area contributed by atoms with Crippen molar-refractivity contribution in [2.75, 3.05) is 7.11 Å². The third-order valence-corrected chi connectivity index (χ3v) is 4.86. The molecule has 2 N–H and O–H groups in total. The molecule has 4 rings (SSSR count). The summed E-state index contributed by atoms with van der Waals surface area (Å²) in [6.07, 6.45) is 12.8. The summed E-state index contributed by atoms with van der Waals surface area (Å²) in [6.45, 7) is 2.00. The van der Waals surface area contributed by atoms with Crippen LogP contribution in [0.3, 0.4) is 0 Å². The van der Waals surface area contributed by atoms with Crippen molar-refractivity contribution >= 4 is 12.1 Å². The molecule has 1 aliphatic heterocycles. The zero-order valence-corrected chi connectivity index (χ0v) is 15.2. The highest BCUT2D eigenvalue weighted by Gasteiger charge is 2.27. The number of rotatable bonds is 3. The fourth-order valence-electron chi connectivity index (χ4n) is 3.57. The van der Waals surface area contributed by atoms with Crippen LogP contribution in [0.15, 0.2) is 29.8 Å². The summed E-state index contributed by atoms with van der Waals surface area (Å²) in [6, 6.07) is 2.19. The van der Waals surface area contributed by atoms with E-state index in [9.17, 15) is 4.79 Å². The smallest absolute Gasteiger partial charge is 0.270 e. The Morgan fingerprint density at radius 1 is 1.27 bits per heavy atom. The first-order valence-electron chi connectivity index (χ1n) is 9.04. The van der Waals surface area contributed by atoms with Crippen LogP contribution in [-0.4, -0.2) is 44.9 Å². The van der Waals surface area contributed by atoms with Crippen molar-refractivity contribution < 1.29 is 9.90 Å². The molecule has 7 heteroatoms. The Bertz CT molecular complexity index is 779. The molecule has 7 nitrogen and oxygen atoms in total. The van der Waals surface area contributed by atoms with Gasteiger partial charge in [0.1, 0.15) is 17.8 Å². The fourth-order valence-corrected chi connectivity index (χ4v) is 3.57. The van der Waals surface area contributed by atoms with Crippen LogP contribution in [0.5, 0.6) is 0 Å². The molecular weight excluding hydrogens is 330 g/mol. The second kappa shape index (κ2) is 8.23. The van der Waals surface area contributed by atoms with E-state index in [-0.39, 0.29) is 18.0 Å². The van der Waals surface area contributed by atoms with Gasteiger partial charge in [-0.05, 0) is 25.8 Å². The zero-order valence-electron chi connectivity index (χ0n) is 15.2. The van der Waals surface area contributed by atoms with Crippen molar-refractivity contribution in [3.05, 3.63) is 41.6 Å². The van der Waals surface area contributed by atoms with Crippen LogP contribution < -0.4 is 5.32 Å². The van der Waals surface area contributed by atoms with Gasteiger partial charge in [-0.2, -0.15) is 0 Å². The second-order valence-electron chi connectivity index (χ2n) is 6.56. The number of imidazole rings is 1. The molecule has 0 bridgehead atoms. The lowest BCUT2D eigenvalue weighted by Gasteiger charge is -2.23. The summed E-state index contributed by atoms with van der Waals surface area (Å²) in [5.41, 5.74) is 2.38. The first-order chi connectivity index (χ1) is 12.7. The highest BCUT2D eigenvalue weighted by molar-refractivity contribution is 5.98. The summed E-state index contributed by atoms with van der Waals surface area (Å²) < 4.78 is 1.81. The maximum atomic E-state index is 12.9. The van der Waals surface area contributed by atoms with E-state index in [1.54, 1.807) is 12.5 Å². The molecule has 1 amide bonds. The van der Waals surface area contributed by atoms with Crippen molar-refractivity contribution in [2.24, 2.45) is 4.99 Å². The van der Waals surface area contributed by atoms with Crippen molar-refractivity contribution in [2.45, 2.75) is 51.1 Å². The number of hydrogen-bond acceptors (Lipinski definition) is 5. The van der Waals surface area contributed by atoms with Crippen molar-refractivity contribution in [1.29, 1.82) is 0 Å². The van der Waals surface area contributed by atoms with Gasteiger partial charge in [0.05, 0.1) is 6.04 Å². The van der Waals surface area contributed by atoms with Crippen molar-refractivity contribution in [3.8, 4) is 5.82 Å². The van der Waals surface area contributed by atoms with E-state index in [0.29, 0.717) is 11.5 Å². The van der Waals surface area contributed by atoms with Gasteiger partial charge >= 0.3 is 0 Å². The average Bonchev–Trinajstić information content (AvgIpc) is 3.34. The van der Waals surface area contributed by atoms with E-state index in [2.05, 4.69) is 20.3 Å². The minimum atomic E-state index is -0.0857. The summed E-state index contributed by atoms with van der Waals surface area (Å²) in [5.74, 6) is 0.609. The quantitative estimate of drug-likeness (QED) is 0.884. The van der Waals surface area contributed by atoms with E-state index in [1.807, 2.05) is 30.0 Å². The number of nitrogens with one attached hydrogen (secondary N) is 1. The number of aliphatic imine (C=N–C) groups is 1. The van der Waals surface area contributed by atoms with Crippen molar-refractivity contribution in [3.63, 3.8) is 0 Å². The Hall–Kier alpha value is -2.54. The first kappa shape index (κ1) is 18.3. The number of aromatic nitrogens is 3. The van der Waals surface area contributed by atoms with Crippen LogP contribution in [0.1, 0.15) is 66.7 Å². The summed E-state index contributed by atoms with van der Waals surface area (Å²) >= 11 is 0. The minimum absolute atomic E-state index is 0.0311. The number of nitrogens with zero attached hydrogens (tertiary/aromatic N) is 4. The number of hydrogen-bond donors (Lipinski definition) is 2. The van der Waals surface area contributed by atoms with Gasteiger partial charge in [-0.3, -0.25) is 14.4 Å². The number of carbonyl (C=O) groups is 1. The van der Waals surface area contributed by atoms with Crippen LogP contribution in [0, 0.1) is 0 Å². The first-order valence-corrected chi connectivity index (χ1v) is 9.04. The Morgan fingerprint density at radius 2 is 2.04 bits per heavy atom. The predicted octanol–water partition coefficient (Wildman–Crippen LogP) is 2.43. The Kier molecular flexibility index (Phi) is 5.78. The number of amides is 1. The summed E-state index contributed by atoms with van der Waals surface area (Å²) in [4.78, 5) is 26.0. The molecule has 2 aliphatic rings. The molecule has 1 fully saturated rings. The second-order valence-corrected chi connectivity index (χ2v) is 6.56. The highest BCUT2D eigenvalue weighted by Crippen LogP contribution is 2.30. The van der Waals surface area contributed by atoms with E-state index < -0.39 is 0 Å². The Balaban J connectivity index is 0.000000948.